The molecule has 3 aromatic rings. The van der Waals surface area contributed by atoms with Gasteiger partial charge in [-0.05, 0) is 49.4 Å². The maximum atomic E-state index is 12.7. The summed E-state index contributed by atoms with van der Waals surface area (Å²) in [5, 5.41) is 5.02. The first-order valence-electron chi connectivity index (χ1n) is 9.73. The Hall–Kier alpha value is -0.934. The third kappa shape index (κ3) is 6.32. The molecule has 0 spiro atoms. The molecule has 0 atom stereocenters. The van der Waals surface area contributed by atoms with Gasteiger partial charge in [0, 0.05) is 42.0 Å². The Bertz CT molecular complexity index is 1020. The molecule has 2 heterocycles. The van der Waals surface area contributed by atoms with Crippen LogP contribution in [0, 0.1) is 6.92 Å². The van der Waals surface area contributed by atoms with Crippen LogP contribution in [-0.4, -0.2) is 37.1 Å². The number of hydrogen-bond donors (Lipinski definition) is 0. The first kappa shape index (κ1) is 24.7. The summed E-state index contributed by atoms with van der Waals surface area (Å²) in [4.78, 5) is 15.1. The van der Waals surface area contributed by atoms with Crippen LogP contribution in [0.2, 0.25) is 5.02 Å². The minimum absolute atomic E-state index is 0. The summed E-state index contributed by atoms with van der Waals surface area (Å²) in [6.45, 7) is 4.30. The molecule has 0 aliphatic carbocycles. The summed E-state index contributed by atoms with van der Waals surface area (Å²) in [7, 11) is 0. The standard InChI is InChI=1S/C23H22ClN2O3S.K/c1-16-13-18(26-8-11-30-12-9-26)5-6-20(16)25-15-29-21-7-4-17(24)14-19(21)23(27)22-3-2-10-28-22;/h2-7,10,13-14H,8-9,11-12,15H2,1H3;/q-1;+1. The van der Waals surface area contributed by atoms with Gasteiger partial charge in [0.1, 0.15) is 5.75 Å². The van der Waals surface area contributed by atoms with Gasteiger partial charge in [0.15, 0.2) is 5.76 Å². The molecule has 1 aliphatic heterocycles. The van der Waals surface area contributed by atoms with Crippen LogP contribution < -0.4 is 61.0 Å². The molecule has 1 saturated heterocycles. The van der Waals surface area contributed by atoms with Crippen LogP contribution in [0.4, 0.5) is 11.4 Å². The van der Waals surface area contributed by atoms with Crippen molar-refractivity contribution in [3.05, 3.63) is 82.0 Å². The zero-order chi connectivity index (χ0) is 20.9. The molecule has 8 heteroatoms. The van der Waals surface area contributed by atoms with Crippen LogP contribution in [-0.2, 0) is 0 Å². The van der Waals surface area contributed by atoms with Gasteiger partial charge in [0.05, 0.1) is 11.8 Å². The van der Waals surface area contributed by atoms with Crippen molar-refractivity contribution in [2.24, 2.45) is 0 Å². The monoisotopic (exact) mass is 480 g/mol. The first-order valence-corrected chi connectivity index (χ1v) is 11.3. The van der Waals surface area contributed by atoms with E-state index in [4.69, 9.17) is 20.8 Å². The Kier molecular flexibility index (Phi) is 9.40. The molecule has 2 aromatic carbocycles. The number of ether oxygens (including phenoxy) is 1. The van der Waals surface area contributed by atoms with E-state index < -0.39 is 0 Å². The topological polar surface area (TPSA) is 56.8 Å². The van der Waals surface area contributed by atoms with Crippen molar-refractivity contribution in [3.63, 3.8) is 0 Å². The summed E-state index contributed by atoms with van der Waals surface area (Å²) >= 11 is 8.08. The van der Waals surface area contributed by atoms with E-state index in [0.717, 1.165) is 24.3 Å². The van der Waals surface area contributed by atoms with Crippen LogP contribution in [0.3, 0.4) is 0 Å². The summed E-state index contributed by atoms with van der Waals surface area (Å²) in [5.41, 5.74) is 3.55. The number of benzene rings is 2. The fraction of sp³-hybridized carbons (Fsp3) is 0.261. The molecule has 31 heavy (non-hydrogen) atoms. The summed E-state index contributed by atoms with van der Waals surface area (Å²) < 4.78 is 11.0. The van der Waals surface area contributed by atoms with E-state index in [9.17, 15) is 4.79 Å². The van der Waals surface area contributed by atoms with Crippen molar-refractivity contribution in [2.45, 2.75) is 6.92 Å². The second-order valence-electron chi connectivity index (χ2n) is 6.95. The molecule has 5 nitrogen and oxygen atoms in total. The molecule has 0 radical (unpaired) electrons. The predicted octanol–water partition coefficient (Wildman–Crippen LogP) is 3.07. The Morgan fingerprint density at radius 3 is 2.71 bits per heavy atom. The molecule has 1 aromatic heterocycles. The molecule has 0 N–H and O–H groups in total. The molecule has 0 saturated carbocycles. The molecular weight excluding hydrogens is 459 g/mol. The number of halogens is 1. The number of anilines is 1. The number of carbonyl (C=O) groups excluding carboxylic acids is 1. The first-order chi connectivity index (χ1) is 14.6. The summed E-state index contributed by atoms with van der Waals surface area (Å²) in [6, 6.07) is 14.5. The number of rotatable bonds is 7. The molecule has 0 unspecified atom stereocenters. The minimum atomic E-state index is -0.280. The smallest absolute Gasteiger partial charge is 0.652 e. The number of carbonyl (C=O) groups is 1. The molecular formula is C23H22ClKN2O3S. The number of ketones is 1. The van der Waals surface area contributed by atoms with Crippen molar-refractivity contribution in [3.8, 4) is 5.75 Å². The van der Waals surface area contributed by atoms with E-state index in [1.165, 1.54) is 23.5 Å². The van der Waals surface area contributed by atoms with E-state index in [1.807, 2.05) is 17.8 Å². The minimum Gasteiger partial charge on any atom is -0.652 e. The van der Waals surface area contributed by atoms with Crippen molar-refractivity contribution in [1.29, 1.82) is 0 Å². The van der Waals surface area contributed by atoms with Gasteiger partial charge in [-0.2, -0.15) is 11.8 Å². The number of aryl methyl sites for hydroxylation is 1. The van der Waals surface area contributed by atoms with Crippen LogP contribution in [0.5, 0.6) is 5.75 Å². The van der Waals surface area contributed by atoms with Gasteiger partial charge in [-0.25, -0.2) is 0 Å². The van der Waals surface area contributed by atoms with Crippen molar-refractivity contribution in [2.75, 3.05) is 36.2 Å². The van der Waals surface area contributed by atoms with Gasteiger partial charge in [0.25, 0.3) is 0 Å². The number of hydrogen-bond acceptors (Lipinski definition) is 5. The van der Waals surface area contributed by atoms with E-state index in [1.54, 1.807) is 30.3 Å². The summed E-state index contributed by atoms with van der Waals surface area (Å²) in [6.07, 6.45) is 1.46. The van der Waals surface area contributed by atoms with Crippen molar-refractivity contribution in [1.82, 2.24) is 0 Å². The fourth-order valence-electron chi connectivity index (χ4n) is 3.35. The largest absolute Gasteiger partial charge is 1.00 e. The van der Waals surface area contributed by atoms with E-state index in [-0.39, 0.29) is 69.7 Å². The molecule has 0 bridgehead atoms. The van der Waals surface area contributed by atoms with E-state index >= 15 is 0 Å². The molecule has 156 valence electrons. The maximum absolute atomic E-state index is 12.7. The predicted molar refractivity (Wildman–Crippen MR) is 123 cm³/mol. The fourth-order valence-corrected chi connectivity index (χ4v) is 4.43. The third-order valence-corrected chi connectivity index (χ3v) is 6.12. The molecule has 0 amide bonds. The second-order valence-corrected chi connectivity index (χ2v) is 8.61. The Balaban J connectivity index is 0.00000272. The zero-order valence-electron chi connectivity index (χ0n) is 17.6. The van der Waals surface area contributed by atoms with Crippen LogP contribution in [0.15, 0.2) is 59.2 Å². The number of nitrogens with zero attached hydrogens (tertiary/aromatic N) is 2. The van der Waals surface area contributed by atoms with Gasteiger partial charge in [-0.3, -0.25) is 4.79 Å². The number of thioether (sulfide) groups is 1. The normalized spacial score (nSPS) is 13.4. The molecule has 4 rings (SSSR count). The van der Waals surface area contributed by atoms with Gasteiger partial charge < -0.3 is 19.4 Å². The van der Waals surface area contributed by atoms with Gasteiger partial charge in [-0.1, -0.05) is 23.2 Å². The van der Waals surface area contributed by atoms with Crippen LogP contribution >= 0.6 is 23.4 Å². The maximum Gasteiger partial charge on any atom is 1.00 e. The molecule has 1 fully saturated rings. The molecule has 1 aliphatic rings. The quantitative estimate of drug-likeness (QED) is 0.384. The van der Waals surface area contributed by atoms with Crippen molar-refractivity contribution < 1.29 is 65.3 Å². The Morgan fingerprint density at radius 2 is 2.00 bits per heavy atom. The van der Waals surface area contributed by atoms with Gasteiger partial charge in [0.2, 0.25) is 5.78 Å². The van der Waals surface area contributed by atoms with Crippen LogP contribution in [0.25, 0.3) is 5.32 Å². The van der Waals surface area contributed by atoms with Crippen LogP contribution in [0.1, 0.15) is 21.7 Å². The zero-order valence-corrected chi connectivity index (χ0v) is 22.3. The van der Waals surface area contributed by atoms with Gasteiger partial charge in [-0.15, -0.1) is 5.69 Å². The average molecular weight is 481 g/mol. The summed E-state index contributed by atoms with van der Waals surface area (Å²) in [5.74, 6) is 2.71. The average Bonchev–Trinajstić information content (AvgIpc) is 3.31. The second kappa shape index (κ2) is 11.8. The third-order valence-electron chi connectivity index (χ3n) is 4.94. The Labute approximate surface area is 234 Å². The van der Waals surface area contributed by atoms with Crippen molar-refractivity contribution >= 4 is 40.5 Å². The van der Waals surface area contributed by atoms with E-state index in [2.05, 4.69) is 29.3 Å². The van der Waals surface area contributed by atoms with Gasteiger partial charge >= 0.3 is 51.4 Å². The Morgan fingerprint density at radius 1 is 1.19 bits per heavy atom. The van der Waals surface area contributed by atoms with E-state index in [0.29, 0.717) is 16.3 Å². The SMILES string of the molecule is Cc1cc(N2CCSCC2)ccc1[N-]COc1ccc(Cl)cc1C(=O)c1ccco1.[K+]. The number of furan rings is 1.